The van der Waals surface area contributed by atoms with Crippen LogP contribution < -0.4 is 4.90 Å². The first-order valence-electron chi connectivity index (χ1n) is 25.7. The molecule has 9 aromatic rings. The van der Waals surface area contributed by atoms with Crippen LogP contribution in [-0.4, -0.2) is 9.97 Å². The van der Waals surface area contributed by atoms with Gasteiger partial charge in [0.05, 0.1) is 11.4 Å². The molecule has 71 heavy (non-hydrogen) atoms. The molecule has 0 aliphatic rings. The second-order valence-electron chi connectivity index (χ2n) is 20.9. The van der Waals surface area contributed by atoms with E-state index in [2.05, 4.69) is 252 Å². The Morgan fingerprint density at radius 3 is 1.10 bits per heavy atom. The highest BCUT2D eigenvalue weighted by Gasteiger charge is 2.25. The van der Waals surface area contributed by atoms with E-state index in [0.717, 1.165) is 50.7 Å². The number of aromatic nitrogens is 2. The van der Waals surface area contributed by atoms with Crippen molar-refractivity contribution in [2.75, 3.05) is 4.90 Å². The molecule has 0 aliphatic carbocycles. The molecule has 2 aromatic heterocycles. The van der Waals surface area contributed by atoms with Gasteiger partial charge in [0, 0.05) is 40.6 Å². The Kier molecular flexibility index (Phi) is 14.1. The Hall–Kier alpha value is -7.36. The minimum Gasteiger partial charge on any atom is -0.310 e. The van der Waals surface area contributed by atoms with Gasteiger partial charge in [-0.05, 0) is 195 Å². The lowest BCUT2D eigenvalue weighted by molar-refractivity contribution is 0.838. The number of hydrogen-bond donors (Lipinski definition) is 0. The van der Waals surface area contributed by atoms with Crippen LogP contribution in [0.25, 0.3) is 67.0 Å². The SMILES string of the molecule is Cc1ccc(C)c(N(c2cc(-c3cc(-c4ccccc4)c(C)cn3)cc(-c3c(C(C)C)cccc3C(C)C)c2)c2cc(-c3cc(-c4ccccc4)c(C)cn3)cc(-c3c(C(C)C)cccc3C(C)C)c2)c1. The zero-order valence-corrected chi connectivity index (χ0v) is 43.9. The van der Waals surface area contributed by atoms with Gasteiger partial charge in [-0.25, -0.2) is 0 Å². The zero-order valence-electron chi connectivity index (χ0n) is 43.9. The van der Waals surface area contributed by atoms with Gasteiger partial charge < -0.3 is 4.90 Å². The summed E-state index contributed by atoms with van der Waals surface area (Å²) in [6.45, 7) is 27.3. The highest BCUT2D eigenvalue weighted by molar-refractivity contribution is 5.91. The van der Waals surface area contributed by atoms with Crippen LogP contribution in [0.4, 0.5) is 17.1 Å². The fourth-order valence-electron chi connectivity index (χ4n) is 10.4. The lowest BCUT2D eigenvalue weighted by Gasteiger charge is -2.30. The van der Waals surface area contributed by atoms with Crippen molar-refractivity contribution in [3.8, 4) is 67.0 Å². The molecule has 0 bridgehead atoms. The molecule has 9 rings (SSSR count). The van der Waals surface area contributed by atoms with Crippen LogP contribution >= 0.6 is 0 Å². The highest BCUT2D eigenvalue weighted by Crippen LogP contribution is 2.47. The molecule has 0 amide bonds. The molecule has 0 spiro atoms. The molecule has 0 saturated heterocycles. The summed E-state index contributed by atoms with van der Waals surface area (Å²) in [6, 6.07) is 61.0. The van der Waals surface area contributed by atoms with Crippen LogP contribution in [-0.2, 0) is 0 Å². The molecule has 2 heterocycles. The smallest absolute Gasteiger partial charge is 0.0709 e. The summed E-state index contributed by atoms with van der Waals surface area (Å²) < 4.78 is 0. The van der Waals surface area contributed by atoms with Crippen molar-refractivity contribution >= 4 is 17.1 Å². The molecule has 0 N–H and O–H groups in total. The highest BCUT2D eigenvalue weighted by atomic mass is 15.1. The van der Waals surface area contributed by atoms with Crippen LogP contribution in [0.15, 0.2) is 176 Å². The van der Waals surface area contributed by atoms with E-state index in [1.807, 2.05) is 12.4 Å². The minimum atomic E-state index is 0.311. The molecule has 0 unspecified atom stereocenters. The number of rotatable bonds is 13. The lowest BCUT2D eigenvalue weighted by atomic mass is 9.83. The Morgan fingerprint density at radius 1 is 0.338 bits per heavy atom. The Labute approximate surface area is 424 Å². The maximum Gasteiger partial charge on any atom is 0.0709 e. The largest absolute Gasteiger partial charge is 0.310 e. The molecule has 3 heteroatoms. The quantitative estimate of drug-likeness (QED) is 0.115. The third-order valence-corrected chi connectivity index (χ3v) is 14.2. The summed E-state index contributed by atoms with van der Waals surface area (Å²) in [5.41, 5.74) is 27.0. The minimum absolute atomic E-state index is 0.311. The van der Waals surface area contributed by atoms with E-state index >= 15 is 0 Å². The summed E-state index contributed by atoms with van der Waals surface area (Å²) in [5.74, 6) is 1.25. The number of benzene rings is 7. The van der Waals surface area contributed by atoms with E-state index in [9.17, 15) is 0 Å². The zero-order chi connectivity index (χ0) is 50.1. The van der Waals surface area contributed by atoms with Crippen LogP contribution in [0.5, 0.6) is 0 Å². The molecule has 0 radical (unpaired) electrons. The summed E-state index contributed by atoms with van der Waals surface area (Å²) in [4.78, 5) is 13.0. The monoisotopic (exact) mass is 928 g/mol. The fraction of sp³-hybridized carbons (Fsp3) is 0.235. The van der Waals surface area contributed by atoms with Gasteiger partial charge in [-0.3, -0.25) is 9.97 Å². The van der Waals surface area contributed by atoms with E-state index in [-0.39, 0.29) is 0 Å². The predicted octanol–water partition coefficient (Wildman–Crippen LogP) is 19.7. The van der Waals surface area contributed by atoms with E-state index in [1.165, 1.54) is 77.9 Å². The van der Waals surface area contributed by atoms with Gasteiger partial charge in [-0.15, -0.1) is 0 Å². The molecule has 0 saturated carbocycles. The van der Waals surface area contributed by atoms with E-state index < -0.39 is 0 Å². The van der Waals surface area contributed by atoms with E-state index in [0.29, 0.717) is 23.7 Å². The maximum atomic E-state index is 5.24. The van der Waals surface area contributed by atoms with Crippen molar-refractivity contribution in [3.63, 3.8) is 0 Å². The lowest BCUT2D eigenvalue weighted by Crippen LogP contribution is -2.13. The van der Waals surface area contributed by atoms with E-state index in [1.54, 1.807) is 0 Å². The summed E-state index contributed by atoms with van der Waals surface area (Å²) in [6.07, 6.45) is 4.08. The molecule has 0 atom stereocenters. The second-order valence-corrected chi connectivity index (χ2v) is 20.9. The van der Waals surface area contributed by atoms with Crippen molar-refractivity contribution in [2.45, 2.75) is 107 Å². The summed E-state index contributed by atoms with van der Waals surface area (Å²) in [5, 5.41) is 0. The van der Waals surface area contributed by atoms with Crippen LogP contribution in [0, 0.1) is 27.7 Å². The second kappa shape index (κ2) is 20.5. The van der Waals surface area contributed by atoms with Gasteiger partial charge >= 0.3 is 0 Å². The molecule has 3 nitrogen and oxygen atoms in total. The third kappa shape index (κ3) is 10.0. The molecule has 0 fully saturated rings. The van der Waals surface area contributed by atoms with Crippen LogP contribution in [0.3, 0.4) is 0 Å². The van der Waals surface area contributed by atoms with Gasteiger partial charge in [0.1, 0.15) is 0 Å². The first kappa shape index (κ1) is 48.7. The normalized spacial score (nSPS) is 11.6. The summed E-state index contributed by atoms with van der Waals surface area (Å²) in [7, 11) is 0. The van der Waals surface area contributed by atoms with Crippen molar-refractivity contribution in [1.82, 2.24) is 9.97 Å². The molecular formula is C68H69N3. The maximum absolute atomic E-state index is 5.24. The van der Waals surface area contributed by atoms with Gasteiger partial charge in [0.2, 0.25) is 0 Å². The van der Waals surface area contributed by atoms with Gasteiger partial charge in [0.25, 0.3) is 0 Å². The molecule has 356 valence electrons. The van der Waals surface area contributed by atoms with Crippen molar-refractivity contribution in [1.29, 1.82) is 0 Å². The van der Waals surface area contributed by atoms with Crippen molar-refractivity contribution in [3.05, 3.63) is 221 Å². The number of hydrogen-bond acceptors (Lipinski definition) is 3. The molecular weight excluding hydrogens is 859 g/mol. The van der Waals surface area contributed by atoms with E-state index in [4.69, 9.17) is 9.97 Å². The fourth-order valence-corrected chi connectivity index (χ4v) is 10.4. The predicted molar refractivity (Wildman–Crippen MR) is 305 cm³/mol. The average Bonchev–Trinajstić information content (AvgIpc) is 3.37. The number of anilines is 3. The first-order valence-corrected chi connectivity index (χ1v) is 25.7. The Balaban J connectivity index is 1.41. The Bertz CT molecular complexity index is 3110. The van der Waals surface area contributed by atoms with Crippen molar-refractivity contribution < 1.29 is 0 Å². The number of pyridine rings is 2. The number of aryl methyl sites for hydroxylation is 4. The van der Waals surface area contributed by atoms with Crippen LogP contribution in [0.2, 0.25) is 0 Å². The van der Waals surface area contributed by atoms with Gasteiger partial charge in [-0.2, -0.15) is 0 Å². The van der Waals surface area contributed by atoms with Crippen molar-refractivity contribution in [2.24, 2.45) is 0 Å². The topological polar surface area (TPSA) is 29.0 Å². The summed E-state index contributed by atoms with van der Waals surface area (Å²) >= 11 is 0. The third-order valence-electron chi connectivity index (χ3n) is 14.2. The first-order chi connectivity index (χ1) is 34.2. The Morgan fingerprint density at radius 2 is 0.718 bits per heavy atom. The van der Waals surface area contributed by atoms with Crippen LogP contribution in [0.1, 0.15) is 124 Å². The standard InChI is InChI=1S/C68H69N3/c1-42(2)58-25-19-26-59(43(3)4)67(58)54-32-52(64-38-62(48(11)40-69-64)50-21-15-13-16-22-50)34-56(36-54)71(66-31-46(9)29-30-47(66)10)57-35-53(65-39-63(49(12)41-70-65)51-23-17-14-18-24-51)33-55(37-57)68-60(44(5)6)27-20-28-61(68)45(7)8/h13-45H,1-12H3. The van der Waals surface area contributed by atoms with Gasteiger partial charge in [0.15, 0.2) is 0 Å². The molecule has 0 aliphatic heterocycles. The number of nitrogens with zero attached hydrogens (tertiary/aromatic N) is 3. The van der Waals surface area contributed by atoms with Gasteiger partial charge in [-0.1, -0.05) is 165 Å². The molecule has 7 aromatic carbocycles. The average molecular weight is 928 g/mol.